The fourth-order valence-corrected chi connectivity index (χ4v) is 5.38. The summed E-state index contributed by atoms with van der Waals surface area (Å²) in [6.07, 6.45) is 0. The number of carbonyl (C=O) groups excluding carboxylic acids is 2. The van der Waals surface area contributed by atoms with Crippen molar-refractivity contribution in [2.45, 2.75) is 57.6 Å². The Labute approximate surface area is 231 Å². The molecule has 0 heterocycles. The molecule has 0 aliphatic carbocycles. The van der Waals surface area contributed by atoms with E-state index in [2.05, 4.69) is 5.32 Å². The van der Waals surface area contributed by atoms with Crippen LogP contribution in [0.5, 0.6) is 5.75 Å². The zero-order valence-corrected chi connectivity index (χ0v) is 24.2. The maximum Gasteiger partial charge on any atom is 0.264 e. The zero-order valence-electron chi connectivity index (χ0n) is 23.3. The van der Waals surface area contributed by atoms with Crippen LogP contribution in [0, 0.1) is 6.92 Å². The lowest BCUT2D eigenvalue weighted by atomic mass is 10.1. The van der Waals surface area contributed by atoms with Gasteiger partial charge in [-0.3, -0.25) is 13.9 Å². The molecule has 0 aliphatic rings. The average molecular weight is 552 g/mol. The standard InChI is InChI=1S/C30H37N3O5S/c1-22-12-14-24(15-13-22)20-32(23(2)29(35)31-30(3,4)5)28(34)21-33(25-16-18-26(38-6)19-17-25)39(36,37)27-10-8-7-9-11-27/h7-19,23H,20-21H2,1-6H3,(H,31,35)/t23-/m0/s1. The number of rotatable bonds is 10. The highest BCUT2D eigenvalue weighted by Crippen LogP contribution is 2.26. The summed E-state index contributed by atoms with van der Waals surface area (Å²) >= 11 is 0. The largest absolute Gasteiger partial charge is 0.497 e. The van der Waals surface area contributed by atoms with Gasteiger partial charge in [-0.2, -0.15) is 0 Å². The minimum Gasteiger partial charge on any atom is -0.497 e. The van der Waals surface area contributed by atoms with Crippen LogP contribution in [0.3, 0.4) is 0 Å². The lowest BCUT2D eigenvalue weighted by Gasteiger charge is -2.33. The van der Waals surface area contributed by atoms with Crippen LogP contribution in [0.25, 0.3) is 0 Å². The second-order valence-electron chi connectivity index (χ2n) is 10.4. The molecule has 0 aliphatic heterocycles. The average Bonchev–Trinajstić information content (AvgIpc) is 2.90. The minimum atomic E-state index is -4.11. The minimum absolute atomic E-state index is 0.0530. The van der Waals surface area contributed by atoms with Crippen molar-refractivity contribution in [2.75, 3.05) is 18.0 Å². The van der Waals surface area contributed by atoms with Crippen LogP contribution in [-0.2, 0) is 26.2 Å². The summed E-state index contributed by atoms with van der Waals surface area (Å²) in [7, 11) is -2.59. The molecular weight excluding hydrogens is 514 g/mol. The van der Waals surface area contributed by atoms with E-state index in [0.717, 1.165) is 15.4 Å². The van der Waals surface area contributed by atoms with E-state index in [1.54, 1.807) is 49.4 Å². The Bertz CT molecular complexity index is 1370. The van der Waals surface area contributed by atoms with Crippen LogP contribution in [0.1, 0.15) is 38.8 Å². The third-order valence-corrected chi connectivity index (χ3v) is 7.90. The van der Waals surface area contributed by atoms with E-state index in [-0.39, 0.29) is 17.3 Å². The lowest BCUT2D eigenvalue weighted by Crippen LogP contribution is -2.54. The molecule has 1 atom stereocenters. The summed E-state index contributed by atoms with van der Waals surface area (Å²) in [5.41, 5.74) is 1.69. The summed E-state index contributed by atoms with van der Waals surface area (Å²) in [6.45, 7) is 8.84. The van der Waals surface area contributed by atoms with Gasteiger partial charge in [0.05, 0.1) is 17.7 Å². The van der Waals surface area contributed by atoms with E-state index in [1.807, 2.05) is 52.0 Å². The highest BCUT2D eigenvalue weighted by molar-refractivity contribution is 7.92. The predicted octanol–water partition coefficient (Wildman–Crippen LogP) is 4.53. The predicted molar refractivity (Wildman–Crippen MR) is 153 cm³/mol. The van der Waals surface area contributed by atoms with Gasteiger partial charge in [-0.05, 0) is 76.6 Å². The first-order valence-electron chi connectivity index (χ1n) is 12.7. The molecule has 3 rings (SSSR count). The van der Waals surface area contributed by atoms with E-state index in [1.165, 1.54) is 24.1 Å². The second kappa shape index (κ2) is 12.3. The fraction of sp³-hybridized carbons (Fsp3) is 0.333. The van der Waals surface area contributed by atoms with Crippen molar-refractivity contribution in [1.82, 2.24) is 10.2 Å². The highest BCUT2D eigenvalue weighted by atomic mass is 32.2. The third-order valence-electron chi connectivity index (χ3n) is 6.11. The monoisotopic (exact) mass is 551 g/mol. The molecule has 0 spiro atoms. The number of ether oxygens (including phenoxy) is 1. The normalized spacial score (nSPS) is 12.4. The van der Waals surface area contributed by atoms with E-state index in [9.17, 15) is 18.0 Å². The maximum absolute atomic E-state index is 13.9. The van der Waals surface area contributed by atoms with E-state index >= 15 is 0 Å². The number of methoxy groups -OCH3 is 1. The first kappa shape index (κ1) is 29.7. The first-order chi connectivity index (χ1) is 18.3. The number of hydrogen-bond donors (Lipinski definition) is 1. The highest BCUT2D eigenvalue weighted by Gasteiger charge is 2.33. The van der Waals surface area contributed by atoms with Crippen LogP contribution in [-0.4, -0.2) is 50.4 Å². The van der Waals surface area contributed by atoms with Gasteiger partial charge in [0.2, 0.25) is 11.8 Å². The first-order valence-corrected chi connectivity index (χ1v) is 14.1. The molecule has 0 radical (unpaired) electrons. The number of sulfonamides is 1. The zero-order chi connectivity index (χ0) is 28.8. The van der Waals surface area contributed by atoms with Gasteiger partial charge in [0.15, 0.2) is 0 Å². The van der Waals surface area contributed by atoms with Gasteiger partial charge in [0, 0.05) is 12.1 Å². The van der Waals surface area contributed by atoms with Gasteiger partial charge in [0.1, 0.15) is 18.3 Å². The van der Waals surface area contributed by atoms with E-state index in [4.69, 9.17) is 4.74 Å². The summed E-state index contributed by atoms with van der Waals surface area (Å²) in [6, 6.07) is 21.2. The number of nitrogens with one attached hydrogen (secondary N) is 1. The van der Waals surface area contributed by atoms with Gasteiger partial charge >= 0.3 is 0 Å². The number of amides is 2. The van der Waals surface area contributed by atoms with Crippen molar-refractivity contribution in [3.8, 4) is 5.75 Å². The Morgan fingerprint density at radius 1 is 0.923 bits per heavy atom. The summed E-state index contributed by atoms with van der Waals surface area (Å²) in [5.74, 6) is -0.289. The van der Waals surface area contributed by atoms with Crippen molar-refractivity contribution in [1.29, 1.82) is 0 Å². The topological polar surface area (TPSA) is 96.0 Å². The van der Waals surface area contributed by atoms with Crippen LogP contribution in [0.15, 0.2) is 83.8 Å². The Morgan fingerprint density at radius 2 is 1.51 bits per heavy atom. The molecule has 0 fully saturated rings. The lowest BCUT2D eigenvalue weighted by molar-refractivity contribution is -0.140. The van der Waals surface area contributed by atoms with Crippen LogP contribution in [0.2, 0.25) is 0 Å². The van der Waals surface area contributed by atoms with Gasteiger partial charge in [-0.25, -0.2) is 8.42 Å². The smallest absolute Gasteiger partial charge is 0.264 e. The van der Waals surface area contributed by atoms with Crippen molar-refractivity contribution < 1.29 is 22.7 Å². The Hall–Kier alpha value is -3.85. The van der Waals surface area contributed by atoms with Crippen molar-refractivity contribution in [3.63, 3.8) is 0 Å². The second-order valence-corrected chi connectivity index (χ2v) is 12.3. The summed E-state index contributed by atoms with van der Waals surface area (Å²) < 4.78 is 33.8. The molecule has 0 saturated carbocycles. The third kappa shape index (κ3) is 7.83. The Balaban J connectivity index is 2.02. The number of hydrogen-bond acceptors (Lipinski definition) is 5. The number of benzene rings is 3. The van der Waals surface area contributed by atoms with Crippen LogP contribution < -0.4 is 14.4 Å². The van der Waals surface area contributed by atoms with Crippen LogP contribution >= 0.6 is 0 Å². The Morgan fingerprint density at radius 3 is 2.05 bits per heavy atom. The Kier molecular flexibility index (Phi) is 9.40. The molecule has 1 N–H and O–H groups in total. The maximum atomic E-state index is 13.9. The molecule has 208 valence electrons. The molecule has 8 nitrogen and oxygen atoms in total. The molecule has 2 amide bonds. The molecule has 9 heteroatoms. The van der Waals surface area contributed by atoms with Gasteiger partial charge in [-0.15, -0.1) is 0 Å². The number of aryl methyl sites for hydroxylation is 1. The number of anilines is 1. The summed E-state index contributed by atoms with van der Waals surface area (Å²) in [5, 5.41) is 2.92. The molecule has 3 aromatic rings. The summed E-state index contributed by atoms with van der Waals surface area (Å²) in [4.78, 5) is 28.5. The molecule has 0 unspecified atom stereocenters. The van der Waals surface area contributed by atoms with Crippen molar-refractivity contribution in [2.24, 2.45) is 0 Å². The molecule has 0 saturated heterocycles. The van der Waals surface area contributed by atoms with E-state index in [0.29, 0.717) is 11.4 Å². The van der Waals surface area contributed by atoms with E-state index < -0.39 is 34.1 Å². The molecule has 39 heavy (non-hydrogen) atoms. The molecular formula is C30H37N3O5S. The SMILES string of the molecule is COc1ccc(N(CC(=O)N(Cc2ccc(C)cc2)[C@@H](C)C(=O)NC(C)(C)C)S(=O)(=O)c2ccccc2)cc1. The number of nitrogens with zero attached hydrogens (tertiary/aromatic N) is 2. The van der Waals surface area contributed by atoms with Crippen LogP contribution in [0.4, 0.5) is 5.69 Å². The van der Waals surface area contributed by atoms with Gasteiger partial charge in [-0.1, -0.05) is 48.0 Å². The van der Waals surface area contributed by atoms with Gasteiger partial charge < -0.3 is 15.0 Å². The quantitative estimate of drug-likeness (QED) is 0.399. The van der Waals surface area contributed by atoms with Crippen molar-refractivity contribution in [3.05, 3.63) is 90.0 Å². The fourth-order valence-electron chi connectivity index (χ4n) is 3.94. The number of carbonyl (C=O) groups is 2. The van der Waals surface area contributed by atoms with Gasteiger partial charge in [0.25, 0.3) is 10.0 Å². The van der Waals surface area contributed by atoms with Crippen molar-refractivity contribution >= 4 is 27.5 Å². The molecule has 0 bridgehead atoms. The molecule has 0 aromatic heterocycles. The molecule has 3 aromatic carbocycles.